The highest BCUT2D eigenvalue weighted by Gasteiger charge is 2.14. The van der Waals surface area contributed by atoms with Gasteiger partial charge in [-0.15, -0.1) is 0 Å². The summed E-state index contributed by atoms with van der Waals surface area (Å²) in [7, 11) is 0. The van der Waals surface area contributed by atoms with Gasteiger partial charge in [-0.3, -0.25) is 4.79 Å². The van der Waals surface area contributed by atoms with Gasteiger partial charge in [0.2, 0.25) is 5.91 Å². The Morgan fingerprint density at radius 2 is 1.73 bits per heavy atom. The van der Waals surface area contributed by atoms with Crippen LogP contribution in [-0.2, 0) is 17.9 Å². The van der Waals surface area contributed by atoms with Crippen LogP contribution in [0.1, 0.15) is 31.9 Å². The molecule has 0 saturated heterocycles. The number of ether oxygens (including phenoxy) is 2. The lowest BCUT2D eigenvalue weighted by Gasteiger charge is -2.16. The van der Waals surface area contributed by atoms with E-state index in [1.807, 2.05) is 57.2 Å². The van der Waals surface area contributed by atoms with Crippen LogP contribution in [0.5, 0.6) is 11.5 Å². The Morgan fingerprint density at radius 3 is 2.39 bits per heavy atom. The zero-order chi connectivity index (χ0) is 23.8. The Kier molecular flexibility index (Phi) is 8.72. The number of nitrogens with one attached hydrogen (secondary N) is 2. The zero-order valence-electron chi connectivity index (χ0n) is 19.0. The first-order valence-electron chi connectivity index (χ1n) is 10.8. The second kappa shape index (κ2) is 11.7. The first kappa shape index (κ1) is 24.6. The van der Waals surface area contributed by atoms with Crippen molar-refractivity contribution in [3.63, 3.8) is 0 Å². The number of hydrogen-bond donors (Lipinski definition) is 2. The topological polar surface area (TPSA) is 59.6 Å². The molecule has 5 nitrogen and oxygen atoms in total. The van der Waals surface area contributed by atoms with Crippen LogP contribution < -0.4 is 20.1 Å². The van der Waals surface area contributed by atoms with Crippen molar-refractivity contribution in [3.8, 4) is 11.5 Å². The Labute approximate surface area is 202 Å². The molecule has 0 aliphatic rings. The minimum atomic E-state index is -0.304. The second-order valence-corrected chi connectivity index (χ2v) is 8.65. The fraction of sp³-hybridized carbons (Fsp3) is 0.269. The lowest BCUT2D eigenvalue weighted by molar-refractivity contribution is -0.118. The summed E-state index contributed by atoms with van der Waals surface area (Å²) in [5.74, 6) is 0.740. The molecule has 174 valence electrons. The summed E-state index contributed by atoms with van der Waals surface area (Å²) in [6.45, 7) is 6.75. The minimum Gasteiger partial charge on any atom is -0.490 e. The number of hydrogen-bond acceptors (Lipinski definition) is 4. The van der Waals surface area contributed by atoms with Crippen molar-refractivity contribution < 1.29 is 18.7 Å². The number of carbonyl (C=O) groups excluding carboxylic acids is 1. The van der Waals surface area contributed by atoms with Gasteiger partial charge in [-0.25, -0.2) is 4.39 Å². The molecule has 0 radical (unpaired) electrons. The molecule has 0 aliphatic heterocycles. The molecule has 0 aromatic heterocycles. The Hall–Kier alpha value is -3.06. The van der Waals surface area contributed by atoms with E-state index in [4.69, 9.17) is 9.47 Å². The maximum atomic E-state index is 13.9. The summed E-state index contributed by atoms with van der Waals surface area (Å²) in [6, 6.07) is 18.0. The number of anilines is 2. The third-order valence-electron chi connectivity index (χ3n) is 4.87. The maximum absolute atomic E-state index is 13.9. The van der Waals surface area contributed by atoms with Crippen LogP contribution in [0, 0.1) is 11.7 Å². The van der Waals surface area contributed by atoms with Crippen molar-refractivity contribution in [1.29, 1.82) is 0 Å². The molecular weight excluding hydrogens is 487 g/mol. The summed E-state index contributed by atoms with van der Waals surface area (Å²) in [5, 5.41) is 6.24. The monoisotopic (exact) mass is 514 g/mol. The van der Waals surface area contributed by atoms with Crippen molar-refractivity contribution in [1.82, 2.24) is 0 Å². The summed E-state index contributed by atoms with van der Waals surface area (Å²) in [5.41, 5.74) is 3.15. The van der Waals surface area contributed by atoms with E-state index in [-0.39, 0.29) is 24.2 Å². The fourth-order valence-electron chi connectivity index (χ4n) is 3.05. The molecule has 3 aromatic carbocycles. The van der Waals surface area contributed by atoms with Crippen molar-refractivity contribution in [2.24, 2.45) is 5.92 Å². The van der Waals surface area contributed by atoms with Gasteiger partial charge in [-0.2, -0.15) is 0 Å². The average molecular weight is 515 g/mol. The Bertz CT molecular complexity index is 1090. The molecule has 1 amide bonds. The van der Waals surface area contributed by atoms with Crippen LogP contribution in [0.4, 0.5) is 15.8 Å². The highest BCUT2D eigenvalue weighted by Crippen LogP contribution is 2.38. The van der Waals surface area contributed by atoms with Crippen molar-refractivity contribution >= 4 is 33.2 Å². The maximum Gasteiger partial charge on any atom is 0.226 e. The van der Waals surface area contributed by atoms with Gasteiger partial charge in [-0.05, 0) is 70.9 Å². The molecule has 0 bridgehead atoms. The molecule has 2 N–H and O–H groups in total. The van der Waals surface area contributed by atoms with Gasteiger partial charge in [0.05, 0.1) is 11.1 Å². The minimum absolute atomic E-state index is 0.0127. The summed E-state index contributed by atoms with van der Waals surface area (Å²) >= 11 is 3.56. The quantitative estimate of drug-likeness (QED) is 0.313. The number of rotatable bonds is 10. The largest absolute Gasteiger partial charge is 0.490 e. The van der Waals surface area contributed by atoms with Crippen molar-refractivity contribution in [2.75, 3.05) is 17.2 Å². The van der Waals surface area contributed by atoms with Gasteiger partial charge >= 0.3 is 0 Å². The number of halogens is 2. The highest BCUT2D eigenvalue weighted by molar-refractivity contribution is 9.10. The van der Waals surface area contributed by atoms with E-state index in [0.717, 1.165) is 21.4 Å². The number of benzene rings is 3. The molecule has 3 rings (SSSR count). The van der Waals surface area contributed by atoms with Gasteiger partial charge in [0, 0.05) is 29.4 Å². The van der Waals surface area contributed by atoms with E-state index in [1.54, 1.807) is 18.2 Å². The van der Waals surface area contributed by atoms with Gasteiger partial charge < -0.3 is 20.1 Å². The standard InChI is InChI=1S/C26H28BrFN2O3/c1-4-32-24-14-18(13-22(27)25(24)33-16-19-7-5-6-8-23(19)28)15-29-20-9-11-21(12-10-20)30-26(31)17(2)3/h5-14,17,29H,4,15-16H2,1-3H3,(H,30,31). The summed E-state index contributed by atoms with van der Waals surface area (Å²) < 4.78 is 26.4. The predicted octanol–water partition coefficient (Wildman–Crippen LogP) is 6.77. The van der Waals surface area contributed by atoms with E-state index in [2.05, 4.69) is 26.6 Å². The third kappa shape index (κ3) is 6.96. The van der Waals surface area contributed by atoms with Gasteiger partial charge in [0.1, 0.15) is 12.4 Å². The van der Waals surface area contributed by atoms with E-state index in [0.29, 0.717) is 30.2 Å². The van der Waals surface area contributed by atoms with Crippen LogP contribution in [0.3, 0.4) is 0 Å². The molecule has 33 heavy (non-hydrogen) atoms. The molecule has 0 unspecified atom stereocenters. The first-order valence-corrected chi connectivity index (χ1v) is 11.6. The Balaban J connectivity index is 1.67. The lowest BCUT2D eigenvalue weighted by Crippen LogP contribution is -2.17. The van der Waals surface area contributed by atoms with Crippen LogP contribution in [0.25, 0.3) is 0 Å². The predicted molar refractivity (Wildman–Crippen MR) is 133 cm³/mol. The van der Waals surface area contributed by atoms with E-state index in [9.17, 15) is 9.18 Å². The summed E-state index contributed by atoms with van der Waals surface area (Å²) in [4.78, 5) is 11.8. The Morgan fingerprint density at radius 1 is 1.03 bits per heavy atom. The zero-order valence-corrected chi connectivity index (χ0v) is 20.5. The SMILES string of the molecule is CCOc1cc(CNc2ccc(NC(=O)C(C)C)cc2)cc(Br)c1OCc1ccccc1F. The van der Waals surface area contributed by atoms with Gasteiger partial charge in [-0.1, -0.05) is 32.0 Å². The van der Waals surface area contributed by atoms with Crippen molar-refractivity contribution in [3.05, 3.63) is 82.1 Å². The fourth-order valence-corrected chi connectivity index (χ4v) is 3.66. The normalized spacial score (nSPS) is 10.7. The van der Waals surface area contributed by atoms with Crippen LogP contribution in [-0.4, -0.2) is 12.5 Å². The molecule has 0 spiro atoms. The van der Waals surface area contributed by atoms with Crippen molar-refractivity contribution in [2.45, 2.75) is 33.9 Å². The van der Waals surface area contributed by atoms with Gasteiger partial charge in [0.25, 0.3) is 0 Å². The van der Waals surface area contributed by atoms with E-state index < -0.39 is 0 Å². The van der Waals surface area contributed by atoms with Crippen LogP contribution in [0.2, 0.25) is 0 Å². The highest BCUT2D eigenvalue weighted by atomic mass is 79.9. The van der Waals surface area contributed by atoms with E-state index in [1.165, 1.54) is 6.07 Å². The molecule has 0 saturated carbocycles. The van der Waals surface area contributed by atoms with Crippen LogP contribution in [0.15, 0.2) is 65.1 Å². The smallest absolute Gasteiger partial charge is 0.226 e. The number of amides is 1. The van der Waals surface area contributed by atoms with Gasteiger partial charge in [0.15, 0.2) is 11.5 Å². The second-order valence-electron chi connectivity index (χ2n) is 7.79. The lowest BCUT2D eigenvalue weighted by atomic mass is 10.1. The molecule has 0 fully saturated rings. The average Bonchev–Trinajstić information content (AvgIpc) is 2.79. The first-order chi connectivity index (χ1) is 15.9. The third-order valence-corrected chi connectivity index (χ3v) is 5.46. The summed E-state index contributed by atoms with van der Waals surface area (Å²) in [6.07, 6.45) is 0. The molecule has 0 heterocycles. The molecule has 7 heteroatoms. The van der Waals surface area contributed by atoms with Crippen LogP contribution >= 0.6 is 15.9 Å². The molecule has 3 aromatic rings. The number of carbonyl (C=O) groups is 1. The molecule has 0 atom stereocenters. The molecular formula is C26H28BrFN2O3. The molecule has 0 aliphatic carbocycles. The van der Waals surface area contributed by atoms with E-state index >= 15 is 0 Å².